The first-order valence-corrected chi connectivity index (χ1v) is 5.67. The molecule has 3 nitrogen and oxygen atoms in total. The smallest absolute Gasteiger partial charge is 0.174 e. The first-order valence-electron chi connectivity index (χ1n) is 5.67. The third-order valence-electron chi connectivity index (χ3n) is 3.51. The Morgan fingerprint density at radius 1 is 1.31 bits per heavy atom. The zero-order chi connectivity index (χ0) is 11.0. The highest BCUT2D eigenvalue weighted by Crippen LogP contribution is 2.54. The molecule has 1 heterocycles. The summed E-state index contributed by atoms with van der Waals surface area (Å²) in [7, 11) is 0. The molecule has 0 radical (unpaired) electrons. The summed E-state index contributed by atoms with van der Waals surface area (Å²) < 4.78 is 5.43. The molecule has 16 heavy (non-hydrogen) atoms. The molecule has 0 N–H and O–H groups in total. The van der Waals surface area contributed by atoms with Crippen LogP contribution in [0.15, 0.2) is 24.3 Å². The minimum Gasteiger partial charge on any atom is -0.477 e. The molecule has 1 aliphatic heterocycles. The summed E-state index contributed by atoms with van der Waals surface area (Å²) in [6.07, 6.45) is 2.76. The highest BCUT2D eigenvalue weighted by Gasteiger charge is 2.52. The lowest BCUT2D eigenvalue weighted by Gasteiger charge is -2.42. The van der Waals surface area contributed by atoms with Crippen molar-refractivity contribution in [3.8, 4) is 11.8 Å². The molecule has 1 spiro atoms. The van der Waals surface area contributed by atoms with Gasteiger partial charge in [0.2, 0.25) is 0 Å². The van der Waals surface area contributed by atoms with Gasteiger partial charge in [-0.05, 0) is 25.0 Å². The third-order valence-corrected chi connectivity index (χ3v) is 3.51. The molecular weight excluding hydrogens is 200 g/mol. The largest absolute Gasteiger partial charge is 0.477 e. The van der Waals surface area contributed by atoms with Crippen LogP contribution >= 0.6 is 0 Å². The van der Waals surface area contributed by atoms with Gasteiger partial charge in [0, 0.05) is 18.5 Å². The van der Waals surface area contributed by atoms with Crippen molar-refractivity contribution in [1.82, 2.24) is 0 Å². The molecular formula is C13H14N2O. The molecule has 0 unspecified atom stereocenters. The first kappa shape index (κ1) is 9.53. The number of anilines is 1. The van der Waals surface area contributed by atoms with E-state index in [4.69, 9.17) is 10.00 Å². The predicted octanol–water partition coefficient (Wildman–Crippen LogP) is 2.19. The van der Waals surface area contributed by atoms with E-state index in [1.54, 1.807) is 0 Å². The fraction of sp³-hybridized carbons (Fsp3) is 0.462. The lowest BCUT2D eigenvalue weighted by atomic mass is 9.96. The highest BCUT2D eigenvalue weighted by molar-refractivity contribution is 5.61. The molecule has 3 heteroatoms. The number of nitriles is 1. The van der Waals surface area contributed by atoms with E-state index in [-0.39, 0.29) is 6.61 Å². The summed E-state index contributed by atoms with van der Waals surface area (Å²) in [4.78, 5) is 2.35. The normalized spacial score (nSPS) is 20.1. The van der Waals surface area contributed by atoms with E-state index in [0.29, 0.717) is 5.41 Å². The second-order valence-electron chi connectivity index (χ2n) is 4.77. The molecule has 0 bridgehead atoms. The van der Waals surface area contributed by atoms with Gasteiger partial charge in [-0.15, -0.1) is 0 Å². The molecule has 3 rings (SSSR count). The van der Waals surface area contributed by atoms with Crippen molar-refractivity contribution in [1.29, 1.82) is 5.26 Å². The molecule has 2 aliphatic rings. The molecule has 1 aromatic rings. The highest BCUT2D eigenvalue weighted by atomic mass is 16.5. The Bertz CT molecular complexity index is 437. The molecule has 82 valence electrons. The third kappa shape index (κ3) is 1.51. The van der Waals surface area contributed by atoms with Crippen LogP contribution in [-0.2, 0) is 0 Å². The SMILES string of the molecule is N#CCOc1ccccc1N1CC2(CC2)C1. The van der Waals surface area contributed by atoms with E-state index in [2.05, 4.69) is 11.0 Å². The number of ether oxygens (including phenoxy) is 1. The summed E-state index contributed by atoms with van der Waals surface area (Å²) in [5.41, 5.74) is 1.78. The van der Waals surface area contributed by atoms with Gasteiger partial charge in [-0.2, -0.15) is 5.26 Å². The molecule has 1 saturated heterocycles. The van der Waals surface area contributed by atoms with Gasteiger partial charge in [-0.1, -0.05) is 12.1 Å². The van der Waals surface area contributed by atoms with Crippen LogP contribution in [0, 0.1) is 16.7 Å². The van der Waals surface area contributed by atoms with E-state index >= 15 is 0 Å². The number of para-hydroxylation sites is 2. The van der Waals surface area contributed by atoms with E-state index in [9.17, 15) is 0 Å². The van der Waals surface area contributed by atoms with Gasteiger partial charge in [-0.3, -0.25) is 0 Å². The Labute approximate surface area is 95.2 Å². The maximum atomic E-state index is 8.53. The van der Waals surface area contributed by atoms with Crippen molar-refractivity contribution < 1.29 is 4.74 Å². The second-order valence-corrected chi connectivity index (χ2v) is 4.77. The summed E-state index contributed by atoms with van der Waals surface area (Å²) in [5, 5.41) is 8.53. The molecule has 2 fully saturated rings. The molecule has 0 atom stereocenters. The van der Waals surface area contributed by atoms with Gasteiger partial charge in [-0.25, -0.2) is 0 Å². The molecule has 1 saturated carbocycles. The van der Waals surface area contributed by atoms with Gasteiger partial charge in [0.1, 0.15) is 11.8 Å². The summed E-state index contributed by atoms with van der Waals surface area (Å²) in [6.45, 7) is 2.43. The number of rotatable bonds is 3. The topological polar surface area (TPSA) is 36.3 Å². The van der Waals surface area contributed by atoms with E-state index < -0.39 is 0 Å². The standard InChI is InChI=1S/C13H14N2O/c14-7-8-16-12-4-2-1-3-11(12)15-9-13(10-15)5-6-13/h1-4H,5-6,8-10H2. The van der Waals surface area contributed by atoms with Crippen molar-refractivity contribution in [3.63, 3.8) is 0 Å². The Kier molecular flexibility index (Phi) is 2.03. The number of nitrogens with zero attached hydrogens (tertiary/aromatic N) is 2. The average molecular weight is 214 g/mol. The lowest BCUT2D eigenvalue weighted by Crippen LogP contribution is -2.48. The van der Waals surface area contributed by atoms with Crippen LogP contribution in [0.2, 0.25) is 0 Å². The van der Waals surface area contributed by atoms with Crippen LogP contribution in [0.3, 0.4) is 0 Å². The average Bonchev–Trinajstić information content (AvgIpc) is 3.05. The zero-order valence-corrected chi connectivity index (χ0v) is 9.15. The van der Waals surface area contributed by atoms with Gasteiger partial charge >= 0.3 is 0 Å². The summed E-state index contributed by atoms with van der Waals surface area (Å²) in [6, 6.07) is 9.98. The van der Waals surface area contributed by atoms with Crippen molar-refractivity contribution >= 4 is 5.69 Å². The van der Waals surface area contributed by atoms with E-state index in [0.717, 1.165) is 24.5 Å². The van der Waals surface area contributed by atoms with Gasteiger partial charge in [0.05, 0.1) is 5.69 Å². The fourth-order valence-electron chi connectivity index (χ4n) is 2.38. The minimum absolute atomic E-state index is 0.121. The van der Waals surface area contributed by atoms with Crippen LogP contribution in [0.1, 0.15) is 12.8 Å². The van der Waals surface area contributed by atoms with Crippen LogP contribution in [0.4, 0.5) is 5.69 Å². The van der Waals surface area contributed by atoms with Crippen LogP contribution < -0.4 is 9.64 Å². The molecule has 0 aromatic heterocycles. The zero-order valence-electron chi connectivity index (χ0n) is 9.15. The van der Waals surface area contributed by atoms with Crippen molar-refractivity contribution in [3.05, 3.63) is 24.3 Å². The van der Waals surface area contributed by atoms with Crippen LogP contribution in [0.5, 0.6) is 5.75 Å². The van der Waals surface area contributed by atoms with Crippen molar-refractivity contribution in [2.45, 2.75) is 12.8 Å². The van der Waals surface area contributed by atoms with Crippen molar-refractivity contribution in [2.75, 3.05) is 24.6 Å². The Morgan fingerprint density at radius 3 is 2.75 bits per heavy atom. The van der Waals surface area contributed by atoms with Gasteiger partial charge in [0.15, 0.2) is 6.61 Å². The molecule has 0 amide bonds. The van der Waals surface area contributed by atoms with E-state index in [1.165, 1.54) is 12.8 Å². The van der Waals surface area contributed by atoms with Gasteiger partial charge < -0.3 is 9.64 Å². The Hall–Kier alpha value is -1.69. The summed E-state index contributed by atoms with van der Waals surface area (Å²) >= 11 is 0. The minimum atomic E-state index is 0.121. The quantitative estimate of drug-likeness (QED) is 0.773. The Balaban J connectivity index is 1.75. The number of hydrogen-bond donors (Lipinski definition) is 0. The van der Waals surface area contributed by atoms with Crippen molar-refractivity contribution in [2.24, 2.45) is 5.41 Å². The number of benzene rings is 1. The van der Waals surface area contributed by atoms with Crippen LogP contribution in [-0.4, -0.2) is 19.7 Å². The fourth-order valence-corrected chi connectivity index (χ4v) is 2.38. The molecule has 1 aliphatic carbocycles. The monoisotopic (exact) mass is 214 g/mol. The maximum absolute atomic E-state index is 8.53. The summed E-state index contributed by atoms with van der Waals surface area (Å²) in [5.74, 6) is 0.833. The second kappa shape index (κ2) is 3.41. The maximum Gasteiger partial charge on any atom is 0.174 e. The van der Waals surface area contributed by atoms with E-state index in [1.807, 2.05) is 24.3 Å². The first-order chi connectivity index (χ1) is 7.83. The van der Waals surface area contributed by atoms with Crippen LogP contribution in [0.25, 0.3) is 0 Å². The predicted molar refractivity (Wildman–Crippen MR) is 61.4 cm³/mol. The number of hydrogen-bond acceptors (Lipinski definition) is 3. The molecule has 1 aromatic carbocycles. The lowest BCUT2D eigenvalue weighted by molar-refractivity contribution is 0.351. The Morgan fingerprint density at radius 2 is 2.06 bits per heavy atom. The van der Waals surface area contributed by atoms with Gasteiger partial charge in [0.25, 0.3) is 0 Å².